The zero-order valence-corrected chi connectivity index (χ0v) is 16.0. The van der Waals surface area contributed by atoms with Gasteiger partial charge >= 0.3 is 5.97 Å². The molecule has 1 heterocycles. The van der Waals surface area contributed by atoms with Gasteiger partial charge in [-0.2, -0.15) is 0 Å². The highest BCUT2D eigenvalue weighted by molar-refractivity contribution is 5.78. The molecule has 29 heavy (non-hydrogen) atoms. The Morgan fingerprint density at radius 2 is 1.97 bits per heavy atom. The Labute approximate surface area is 168 Å². The SMILES string of the molecule is CC(=O)N[C@H]1[C@H]([C@H](O)[C@H](O)CO)O[C@@](C/C=C/c2ccccc2)(C(=O)O)C[C@@H]1O. The van der Waals surface area contributed by atoms with Crippen molar-refractivity contribution in [1.82, 2.24) is 5.32 Å². The highest BCUT2D eigenvalue weighted by Gasteiger charge is 2.53. The summed E-state index contributed by atoms with van der Waals surface area (Å²) in [4.78, 5) is 23.5. The maximum Gasteiger partial charge on any atom is 0.336 e. The van der Waals surface area contributed by atoms with Gasteiger partial charge in [-0.1, -0.05) is 42.5 Å². The second kappa shape index (κ2) is 9.95. The van der Waals surface area contributed by atoms with Crippen LogP contribution in [-0.4, -0.2) is 80.1 Å². The Hall–Kier alpha value is -2.30. The average Bonchev–Trinajstić information content (AvgIpc) is 2.69. The molecule has 1 amide bonds. The van der Waals surface area contributed by atoms with Crippen molar-refractivity contribution in [2.75, 3.05) is 6.61 Å². The number of benzene rings is 1. The maximum atomic E-state index is 12.0. The summed E-state index contributed by atoms with van der Waals surface area (Å²) < 4.78 is 5.70. The van der Waals surface area contributed by atoms with E-state index < -0.39 is 54.5 Å². The summed E-state index contributed by atoms with van der Waals surface area (Å²) in [5.74, 6) is -1.88. The number of aliphatic hydroxyl groups excluding tert-OH is 4. The fourth-order valence-electron chi connectivity index (χ4n) is 3.39. The van der Waals surface area contributed by atoms with Crippen molar-refractivity contribution < 1.29 is 39.9 Å². The van der Waals surface area contributed by atoms with Crippen molar-refractivity contribution in [3.63, 3.8) is 0 Å². The van der Waals surface area contributed by atoms with Gasteiger partial charge in [0.2, 0.25) is 5.91 Å². The van der Waals surface area contributed by atoms with Crippen LogP contribution in [0.25, 0.3) is 6.08 Å². The zero-order chi connectivity index (χ0) is 21.6. The first kappa shape index (κ1) is 23.0. The third-order valence-corrected chi connectivity index (χ3v) is 4.90. The van der Waals surface area contributed by atoms with E-state index in [0.29, 0.717) is 0 Å². The van der Waals surface area contributed by atoms with E-state index in [2.05, 4.69) is 5.32 Å². The molecule has 2 rings (SSSR count). The lowest BCUT2D eigenvalue weighted by Crippen LogP contribution is -2.67. The lowest BCUT2D eigenvalue weighted by atomic mass is 9.81. The minimum absolute atomic E-state index is 0.125. The number of carbonyl (C=O) groups excluding carboxylic acids is 1. The highest BCUT2D eigenvalue weighted by atomic mass is 16.6. The Morgan fingerprint density at radius 1 is 1.31 bits per heavy atom. The lowest BCUT2D eigenvalue weighted by Gasteiger charge is -2.46. The largest absolute Gasteiger partial charge is 0.479 e. The number of ether oxygens (including phenoxy) is 1. The normalized spacial score (nSPS) is 29.3. The average molecular weight is 409 g/mol. The molecule has 160 valence electrons. The molecule has 0 aliphatic carbocycles. The smallest absolute Gasteiger partial charge is 0.336 e. The van der Waals surface area contributed by atoms with Gasteiger partial charge in [-0.3, -0.25) is 4.79 Å². The second-order valence-corrected chi connectivity index (χ2v) is 7.14. The molecular weight excluding hydrogens is 382 g/mol. The van der Waals surface area contributed by atoms with Crippen molar-refractivity contribution in [2.45, 2.75) is 55.8 Å². The first-order chi connectivity index (χ1) is 13.7. The molecule has 6 N–H and O–H groups in total. The van der Waals surface area contributed by atoms with Gasteiger partial charge in [0, 0.05) is 19.8 Å². The minimum Gasteiger partial charge on any atom is -0.479 e. The van der Waals surface area contributed by atoms with Gasteiger partial charge in [0.1, 0.15) is 18.3 Å². The predicted octanol–water partition coefficient (Wildman–Crippen LogP) is -0.718. The summed E-state index contributed by atoms with van der Waals surface area (Å²) in [7, 11) is 0. The van der Waals surface area contributed by atoms with E-state index in [9.17, 15) is 30.0 Å². The molecule has 1 aliphatic rings. The van der Waals surface area contributed by atoms with Gasteiger partial charge < -0.3 is 35.6 Å². The molecule has 0 unspecified atom stereocenters. The fourth-order valence-corrected chi connectivity index (χ4v) is 3.39. The van der Waals surface area contributed by atoms with Crippen LogP contribution < -0.4 is 5.32 Å². The molecule has 9 nitrogen and oxygen atoms in total. The number of hydrogen-bond acceptors (Lipinski definition) is 7. The number of carbonyl (C=O) groups is 2. The Bertz CT molecular complexity index is 724. The number of nitrogens with one attached hydrogen (secondary N) is 1. The third-order valence-electron chi connectivity index (χ3n) is 4.90. The van der Waals surface area contributed by atoms with Crippen molar-refractivity contribution in [1.29, 1.82) is 0 Å². The van der Waals surface area contributed by atoms with Gasteiger partial charge in [-0.25, -0.2) is 4.79 Å². The van der Waals surface area contributed by atoms with Crippen LogP contribution in [0.5, 0.6) is 0 Å². The molecule has 0 bridgehead atoms. The van der Waals surface area contributed by atoms with Gasteiger partial charge in [-0.05, 0) is 5.56 Å². The van der Waals surface area contributed by atoms with E-state index >= 15 is 0 Å². The molecule has 1 fully saturated rings. The summed E-state index contributed by atoms with van der Waals surface area (Å²) in [6.07, 6.45) is -3.37. The van der Waals surface area contributed by atoms with Crippen LogP contribution in [0, 0.1) is 0 Å². The minimum atomic E-state index is -1.89. The van der Waals surface area contributed by atoms with Crippen LogP contribution in [0.2, 0.25) is 0 Å². The van der Waals surface area contributed by atoms with Gasteiger partial charge in [0.25, 0.3) is 0 Å². The summed E-state index contributed by atoms with van der Waals surface area (Å²) in [6.45, 7) is 0.387. The highest BCUT2D eigenvalue weighted by Crippen LogP contribution is 2.35. The Balaban J connectivity index is 2.31. The van der Waals surface area contributed by atoms with E-state index in [4.69, 9.17) is 9.84 Å². The number of amides is 1. The molecule has 1 aromatic rings. The molecule has 6 atom stereocenters. The van der Waals surface area contributed by atoms with E-state index in [0.717, 1.165) is 5.56 Å². The van der Waals surface area contributed by atoms with Crippen molar-refractivity contribution in [3.05, 3.63) is 42.0 Å². The van der Waals surface area contributed by atoms with Gasteiger partial charge in [0.15, 0.2) is 5.60 Å². The summed E-state index contributed by atoms with van der Waals surface area (Å²) >= 11 is 0. The first-order valence-corrected chi connectivity index (χ1v) is 9.25. The molecule has 0 spiro atoms. The Morgan fingerprint density at radius 3 is 2.52 bits per heavy atom. The molecule has 1 aromatic carbocycles. The van der Waals surface area contributed by atoms with Gasteiger partial charge in [0.05, 0.1) is 18.8 Å². The second-order valence-electron chi connectivity index (χ2n) is 7.14. The van der Waals surface area contributed by atoms with Crippen LogP contribution >= 0.6 is 0 Å². The van der Waals surface area contributed by atoms with E-state index in [1.54, 1.807) is 12.2 Å². The van der Waals surface area contributed by atoms with Crippen LogP contribution in [0.4, 0.5) is 0 Å². The van der Waals surface area contributed by atoms with Gasteiger partial charge in [-0.15, -0.1) is 0 Å². The number of hydrogen-bond donors (Lipinski definition) is 6. The molecule has 1 saturated heterocycles. The summed E-state index contributed by atoms with van der Waals surface area (Å²) in [5.41, 5.74) is -1.05. The third kappa shape index (κ3) is 5.62. The predicted molar refractivity (Wildman–Crippen MR) is 103 cm³/mol. The van der Waals surface area contributed by atoms with Crippen molar-refractivity contribution in [3.8, 4) is 0 Å². The standard InChI is InChI=1S/C20H27NO8/c1-12(23)21-16-14(24)10-20(19(27)28,29-18(16)17(26)15(25)11-22)9-5-8-13-6-3-2-4-7-13/h2-8,14-18,22,24-26H,9-11H2,1H3,(H,21,23)(H,27,28)/b8-5+/t14-,15+,16+,17+,18+,20+/m0/s1. The number of aliphatic hydroxyl groups is 4. The quantitative estimate of drug-likeness (QED) is 0.329. The molecular formula is C20H27NO8. The number of aliphatic carboxylic acids is 1. The summed E-state index contributed by atoms with van der Waals surface area (Å²) in [6, 6.07) is 8.00. The molecule has 1 aliphatic heterocycles. The van der Waals surface area contributed by atoms with Crippen LogP contribution in [0.3, 0.4) is 0 Å². The monoisotopic (exact) mass is 409 g/mol. The fraction of sp³-hybridized carbons (Fsp3) is 0.500. The molecule has 0 aromatic heterocycles. The zero-order valence-electron chi connectivity index (χ0n) is 16.0. The Kier molecular flexibility index (Phi) is 7.88. The van der Waals surface area contributed by atoms with Crippen molar-refractivity contribution in [2.24, 2.45) is 0 Å². The van der Waals surface area contributed by atoms with E-state index in [-0.39, 0.29) is 12.8 Å². The van der Waals surface area contributed by atoms with E-state index in [1.807, 2.05) is 30.3 Å². The lowest BCUT2D eigenvalue weighted by molar-refractivity contribution is -0.228. The van der Waals surface area contributed by atoms with Crippen molar-refractivity contribution >= 4 is 18.0 Å². The number of carboxylic acid groups (broad SMARTS) is 1. The number of rotatable bonds is 8. The van der Waals surface area contributed by atoms with Crippen LogP contribution in [0.15, 0.2) is 36.4 Å². The topological polar surface area (TPSA) is 157 Å². The van der Waals surface area contributed by atoms with Crippen LogP contribution in [-0.2, 0) is 14.3 Å². The molecule has 0 radical (unpaired) electrons. The molecule has 9 heteroatoms. The summed E-state index contributed by atoms with van der Waals surface area (Å²) in [5, 5.41) is 52.1. The van der Waals surface area contributed by atoms with E-state index in [1.165, 1.54) is 6.92 Å². The molecule has 0 saturated carbocycles. The number of carboxylic acids is 1. The first-order valence-electron chi connectivity index (χ1n) is 9.25. The van der Waals surface area contributed by atoms with Crippen LogP contribution in [0.1, 0.15) is 25.3 Å². The maximum absolute atomic E-state index is 12.0.